The second-order valence-corrected chi connectivity index (χ2v) is 8.12. The molecule has 1 aromatic carbocycles. The molecule has 3 rings (SSSR count). The Hall–Kier alpha value is -2.23. The number of anilines is 1. The van der Waals surface area contributed by atoms with Crippen molar-refractivity contribution in [1.82, 2.24) is 9.46 Å². The minimum absolute atomic E-state index is 0.127. The maximum atomic E-state index is 13.0. The van der Waals surface area contributed by atoms with E-state index in [4.69, 9.17) is 4.74 Å². The quantitative estimate of drug-likeness (QED) is 0.787. The van der Waals surface area contributed by atoms with Crippen molar-refractivity contribution < 1.29 is 22.5 Å². The van der Waals surface area contributed by atoms with Crippen LogP contribution in [0.15, 0.2) is 46.0 Å². The van der Waals surface area contributed by atoms with Gasteiger partial charge in [0, 0.05) is 19.2 Å². The Kier molecular flexibility index (Phi) is 5.70. The number of nitrogens with one attached hydrogen (secondary N) is 1. The van der Waals surface area contributed by atoms with Crippen LogP contribution in [0.3, 0.4) is 0 Å². The summed E-state index contributed by atoms with van der Waals surface area (Å²) >= 11 is 0. The Morgan fingerprint density at radius 1 is 1.31 bits per heavy atom. The van der Waals surface area contributed by atoms with Crippen LogP contribution in [0.5, 0.6) is 0 Å². The molecular formula is C17H21N3O5S. The number of amides is 1. The average molecular weight is 379 g/mol. The zero-order chi connectivity index (χ0) is 18.6. The lowest BCUT2D eigenvalue weighted by molar-refractivity contribution is -0.116. The van der Waals surface area contributed by atoms with Crippen LogP contribution in [-0.4, -0.2) is 49.6 Å². The van der Waals surface area contributed by atoms with Gasteiger partial charge in [0.1, 0.15) is 6.26 Å². The molecule has 2 aromatic rings. The number of nitrogens with zero attached hydrogens (tertiary/aromatic N) is 2. The van der Waals surface area contributed by atoms with Crippen LogP contribution in [-0.2, 0) is 19.6 Å². The topological polar surface area (TPSA) is 102 Å². The minimum atomic E-state index is -3.83. The molecule has 1 fully saturated rings. The third kappa shape index (κ3) is 4.48. The predicted octanol–water partition coefficient (Wildman–Crippen LogP) is 1.79. The zero-order valence-electron chi connectivity index (χ0n) is 14.4. The van der Waals surface area contributed by atoms with E-state index in [0.29, 0.717) is 6.61 Å². The van der Waals surface area contributed by atoms with Crippen molar-refractivity contribution in [2.24, 2.45) is 0 Å². The number of benzene rings is 1. The van der Waals surface area contributed by atoms with Crippen molar-refractivity contribution in [3.8, 4) is 0 Å². The Bertz CT molecular complexity index is 828. The van der Waals surface area contributed by atoms with E-state index in [1.165, 1.54) is 12.3 Å². The SMILES string of the molecule is Cc1ccc(S(=O)(=O)N(CC(=O)Nc2ccon2)CC2CCCO2)cc1. The Balaban J connectivity index is 1.79. The first kappa shape index (κ1) is 18.6. The Morgan fingerprint density at radius 2 is 2.08 bits per heavy atom. The largest absolute Gasteiger partial charge is 0.377 e. The van der Waals surface area contributed by atoms with Crippen LogP contribution >= 0.6 is 0 Å². The molecule has 26 heavy (non-hydrogen) atoms. The van der Waals surface area contributed by atoms with Crippen molar-refractivity contribution in [2.75, 3.05) is 25.0 Å². The van der Waals surface area contributed by atoms with E-state index in [9.17, 15) is 13.2 Å². The molecule has 1 amide bonds. The van der Waals surface area contributed by atoms with Gasteiger partial charge in [0.25, 0.3) is 0 Å². The fourth-order valence-corrected chi connectivity index (χ4v) is 4.17. The van der Waals surface area contributed by atoms with Crippen LogP contribution < -0.4 is 5.32 Å². The van der Waals surface area contributed by atoms with Gasteiger partial charge in [-0.3, -0.25) is 4.79 Å². The van der Waals surface area contributed by atoms with E-state index in [1.807, 2.05) is 6.92 Å². The highest BCUT2D eigenvalue weighted by Crippen LogP contribution is 2.20. The molecule has 0 aliphatic carbocycles. The average Bonchev–Trinajstić information content (AvgIpc) is 3.28. The van der Waals surface area contributed by atoms with Gasteiger partial charge in [0.05, 0.1) is 17.5 Å². The van der Waals surface area contributed by atoms with Crippen molar-refractivity contribution in [2.45, 2.75) is 30.8 Å². The van der Waals surface area contributed by atoms with Gasteiger partial charge in [-0.15, -0.1) is 0 Å². The van der Waals surface area contributed by atoms with Crippen LogP contribution in [0.4, 0.5) is 5.82 Å². The summed E-state index contributed by atoms with van der Waals surface area (Å²) in [6, 6.07) is 8.03. The van der Waals surface area contributed by atoms with Gasteiger partial charge in [-0.25, -0.2) is 8.42 Å². The molecule has 0 radical (unpaired) electrons. The van der Waals surface area contributed by atoms with E-state index in [-0.39, 0.29) is 29.9 Å². The van der Waals surface area contributed by atoms with Gasteiger partial charge in [-0.1, -0.05) is 22.9 Å². The number of carbonyl (C=O) groups excluding carboxylic acids is 1. The van der Waals surface area contributed by atoms with Gasteiger partial charge in [0.15, 0.2) is 5.82 Å². The summed E-state index contributed by atoms with van der Waals surface area (Å²) in [5.74, 6) is -0.257. The first-order valence-corrected chi connectivity index (χ1v) is 9.78. The van der Waals surface area contributed by atoms with Gasteiger partial charge < -0.3 is 14.6 Å². The highest BCUT2D eigenvalue weighted by atomic mass is 32.2. The van der Waals surface area contributed by atoms with Gasteiger partial charge in [-0.05, 0) is 31.9 Å². The smallest absolute Gasteiger partial charge is 0.243 e. The third-order valence-electron chi connectivity index (χ3n) is 4.12. The van der Waals surface area contributed by atoms with E-state index in [2.05, 4.69) is 15.0 Å². The maximum Gasteiger partial charge on any atom is 0.243 e. The van der Waals surface area contributed by atoms with Crippen LogP contribution in [0.1, 0.15) is 18.4 Å². The van der Waals surface area contributed by atoms with E-state index in [1.54, 1.807) is 24.3 Å². The molecule has 0 bridgehead atoms. The fraction of sp³-hybridized carbons (Fsp3) is 0.412. The monoisotopic (exact) mass is 379 g/mol. The number of sulfonamides is 1. The number of aryl methyl sites for hydroxylation is 1. The predicted molar refractivity (Wildman–Crippen MR) is 94.0 cm³/mol. The van der Waals surface area contributed by atoms with Crippen LogP contribution in [0, 0.1) is 6.92 Å². The summed E-state index contributed by atoms with van der Waals surface area (Å²) < 4.78 is 37.4. The van der Waals surface area contributed by atoms with Crippen molar-refractivity contribution in [1.29, 1.82) is 0 Å². The summed E-state index contributed by atoms with van der Waals surface area (Å²) in [5.41, 5.74) is 0.957. The molecule has 1 saturated heterocycles. The molecule has 140 valence electrons. The fourth-order valence-electron chi connectivity index (χ4n) is 2.74. The van der Waals surface area contributed by atoms with Crippen LogP contribution in [0.2, 0.25) is 0 Å². The molecule has 0 saturated carbocycles. The van der Waals surface area contributed by atoms with Crippen molar-refractivity contribution in [3.05, 3.63) is 42.2 Å². The van der Waals surface area contributed by atoms with Crippen molar-refractivity contribution >= 4 is 21.7 Å². The number of hydrogen-bond acceptors (Lipinski definition) is 6. The Labute approximate surface area is 152 Å². The molecule has 8 nitrogen and oxygen atoms in total. The number of ether oxygens (including phenoxy) is 1. The molecule has 2 heterocycles. The molecule has 1 N–H and O–H groups in total. The second kappa shape index (κ2) is 7.98. The molecule has 1 unspecified atom stereocenters. The standard InChI is InChI=1S/C17H21N3O5S/c1-13-4-6-15(7-5-13)26(22,23)20(11-14-3-2-9-24-14)12-17(21)18-16-8-10-25-19-16/h4-8,10,14H,2-3,9,11-12H2,1H3,(H,18,19,21). The highest BCUT2D eigenvalue weighted by molar-refractivity contribution is 7.89. The lowest BCUT2D eigenvalue weighted by Gasteiger charge is -2.24. The molecular weight excluding hydrogens is 358 g/mol. The summed E-state index contributed by atoms with van der Waals surface area (Å²) in [5, 5.41) is 6.12. The molecule has 1 aromatic heterocycles. The molecule has 9 heteroatoms. The molecule has 1 atom stereocenters. The first-order chi connectivity index (χ1) is 12.4. The van der Waals surface area contributed by atoms with E-state index >= 15 is 0 Å². The summed E-state index contributed by atoms with van der Waals surface area (Å²) in [6.07, 6.45) is 2.76. The zero-order valence-corrected chi connectivity index (χ0v) is 15.2. The number of rotatable bonds is 7. The number of aromatic nitrogens is 1. The maximum absolute atomic E-state index is 13.0. The van der Waals surface area contributed by atoms with Gasteiger partial charge in [-0.2, -0.15) is 4.31 Å². The van der Waals surface area contributed by atoms with Crippen LogP contribution in [0.25, 0.3) is 0 Å². The van der Waals surface area contributed by atoms with E-state index < -0.39 is 15.9 Å². The van der Waals surface area contributed by atoms with Gasteiger partial charge in [0.2, 0.25) is 15.9 Å². The van der Waals surface area contributed by atoms with Crippen molar-refractivity contribution in [3.63, 3.8) is 0 Å². The lowest BCUT2D eigenvalue weighted by atomic mass is 10.2. The molecule has 0 spiro atoms. The number of carbonyl (C=O) groups is 1. The Morgan fingerprint density at radius 3 is 2.69 bits per heavy atom. The normalized spacial score (nSPS) is 17.5. The van der Waals surface area contributed by atoms with E-state index in [0.717, 1.165) is 22.7 Å². The highest BCUT2D eigenvalue weighted by Gasteiger charge is 2.30. The first-order valence-electron chi connectivity index (χ1n) is 8.34. The second-order valence-electron chi connectivity index (χ2n) is 6.18. The third-order valence-corrected chi connectivity index (χ3v) is 5.94. The lowest BCUT2D eigenvalue weighted by Crippen LogP contribution is -2.42. The summed E-state index contributed by atoms with van der Waals surface area (Å²) in [6.45, 7) is 2.28. The molecule has 1 aliphatic rings. The number of hydrogen-bond donors (Lipinski definition) is 1. The minimum Gasteiger partial charge on any atom is -0.377 e. The molecule has 1 aliphatic heterocycles. The van der Waals surface area contributed by atoms with Gasteiger partial charge >= 0.3 is 0 Å². The summed E-state index contributed by atoms with van der Waals surface area (Å²) in [7, 11) is -3.83. The summed E-state index contributed by atoms with van der Waals surface area (Å²) in [4.78, 5) is 12.4.